The van der Waals surface area contributed by atoms with E-state index in [0.29, 0.717) is 0 Å². The summed E-state index contributed by atoms with van der Waals surface area (Å²) in [5.41, 5.74) is 4.04. The molecule has 0 fully saturated rings. The van der Waals surface area contributed by atoms with Crippen LogP contribution < -0.4 is 0 Å². The van der Waals surface area contributed by atoms with Gasteiger partial charge in [-0.3, -0.25) is 9.78 Å². The third kappa shape index (κ3) is 6.77. The van der Waals surface area contributed by atoms with Crippen LogP contribution in [-0.2, 0) is 31.9 Å². The average Bonchev–Trinajstić information content (AvgIpc) is 3.20. The van der Waals surface area contributed by atoms with Crippen molar-refractivity contribution in [2.24, 2.45) is 17.9 Å². The number of carbonyl (C=O) groups excluding carboxylic acids is 1. The zero-order valence-electron chi connectivity index (χ0n) is 26.4. The third-order valence-electron chi connectivity index (χ3n) is 7.07. The maximum Gasteiger partial charge on any atom is 0.164 e. The number of carbonyl (C=O) groups is 1. The van der Waals surface area contributed by atoms with E-state index in [0.717, 1.165) is 33.2 Å². The van der Waals surface area contributed by atoms with Crippen molar-refractivity contribution in [1.82, 2.24) is 14.5 Å². The van der Waals surface area contributed by atoms with Gasteiger partial charge in [0.25, 0.3) is 0 Å². The Morgan fingerprint density at radius 1 is 0.976 bits per heavy atom. The predicted molar refractivity (Wildman–Crippen MR) is 167 cm³/mol. The van der Waals surface area contributed by atoms with Gasteiger partial charge in [-0.1, -0.05) is 97.7 Å². The number of benzene rings is 3. The topological polar surface area (TPSA) is 68.0 Å². The maximum absolute atomic E-state index is 11.5. The van der Waals surface area contributed by atoms with Gasteiger partial charge < -0.3 is 9.67 Å². The summed E-state index contributed by atoms with van der Waals surface area (Å²) in [4.78, 5) is 20.7. The third-order valence-corrected chi connectivity index (χ3v) is 7.07. The second-order valence-corrected chi connectivity index (χ2v) is 12.5. The zero-order chi connectivity index (χ0) is 30.3. The first kappa shape index (κ1) is 30.6. The molecule has 0 atom stereocenters. The van der Waals surface area contributed by atoms with Crippen molar-refractivity contribution in [2.45, 2.75) is 61.3 Å². The van der Waals surface area contributed by atoms with Gasteiger partial charge in [-0.15, -0.1) is 35.4 Å². The van der Waals surface area contributed by atoms with E-state index in [1.165, 1.54) is 22.4 Å². The molecule has 5 aromatic rings. The molecule has 0 bridgehead atoms. The first-order valence-electron chi connectivity index (χ1n) is 14.1. The van der Waals surface area contributed by atoms with Crippen molar-refractivity contribution < 1.29 is 31.4 Å². The fourth-order valence-electron chi connectivity index (χ4n) is 4.45. The van der Waals surface area contributed by atoms with Crippen LogP contribution in [0, 0.1) is 16.9 Å². The molecule has 3 aromatic carbocycles. The number of aromatic nitrogens is 3. The van der Waals surface area contributed by atoms with E-state index in [1.807, 2.05) is 73.6 Å². The molecule has 1 N–H and O–H groups in total. The van der Waals surface area contributed by atoms with Crippen molar-refractivity contribution in [2.75, 3.05) is 0 Å². The van der Waals surface area contributed by atoms with Gasteiger partial charge >= 0.3 is 0 Å². The van der Waals surface area contributed by atoms with Crippen molar-refractivity contribution >= 4 is 38.5 Å². The molecule has 0 aliphatic heterocycles. The molecule has 0 unspecified atom stereocenters. The van der Waals surface area contributed by atoms with Gasteiger partial charge in [0, 0.05) is 67.3 Å². The van der Waals surface area contributed by atoms with Crippen molar-refractivity contribution in [1.29, 1.82) is 0 Å². The molecule has 0 aliphatic rings. The van der Waals surface area contributed by atoms with Crippen LogP contribution in [0.3, 0.4) is 0 Å². The molecule has 0 saturated heterocycles. The number of ketones is 1. The van der Waals surface area contributed by atoms with Crippen LogP contribution in [0.1, 0.15) is 68.2 Å². The van der Waals surface area contributed by atoms with E-state index >= 15 is 0 Å². The number of allylic oxidation sites excluding steroid dienone is 2. The second kappa shape index (κ2) is 12.3. The number of nitrogens with zero attached hydrogens (tertiary/aromatic N) is 3. The van der Waals surface area contributed by atoms with Gasteiger partial charge in [-0.2, -0.15) is 0 Å². The molecule has 2 aromatic heterocycles. The van der Waals surface area contributed by atoms with E-state index in [4.69, 9.17) is 1.37 Å². The molecule has 0 saturated carbocycles. The van der Waals surface area contributed by atoms with Crippen LogP contribution in [0.2, 0.25) is 0 Å². The van der Waals surface area contributed by atoms with E-state index in [2.05, 4.69) is 64.0 Å². The molecule has 6 heteroatoms. The number of aryl methyl sites for hydroxylation is 1. The van der Waals surface area contributed by atoms with Crippen LogP contribution in [0.25, 0.3) is 44.0 Å². The maximum atomic E-state index is 11.5. The Morgan fingerprint density at radius 2 is 1.66 bits per heavy atom. The number of hydrogen-bond donors (Lipinski definition) is 1. The summed E-state index contributed by atoms with van der Waals surface area (Å²) < 4.78 is 10.4. The Balaban J connectivity index is 0.000000297. The summed E-state index contributed by atoms with van der Waals surface area (Å²) in [7, 11) is 2.06. The van der Waals surface area contributed by atoms with Gasteiger partial charge in [-0.25, -0.2) is 4.98 Å². The van der Waals surface area contributed by atoms with Crippen molar-refractivity contribution in [3.8, 4) is 11.3 Å². The molecule has 0 aliphatic carbocycles. The molecular weight excluding hydrogens is 687 g/mol. The van der Waals surface area contributed by atoms with Crippen LogP contribution in [-0.4, -0.2) is 25.4 Å². The van der Waals surface area contributed by atoms with Gasteiger partial charge in [0.15, 0.2) is 5.78 Å². The summed E-state index contributed by atoms with van der Waals surface area (Å²) >= 11 is 0. The summed E-state index contributed by atoms with van der Waals surface area (Å²) in [5.74, 6) is -0.540. The zero-order valence-corrected chi connectivity index (χ0v) is 27.8. The molecular formula is C35H40IrN3O2-. The van der Waals surface area contributed by atoms with Gasteiger partial charge in [0.05, 0.1) is 5.52 Å². The average molecular weight is 728 g/mol. The first-order valence-corrected chi connectivity index (χ1v) is 13.6. The smallest absolute Gasteiger partial charge is 0.164 e. The molecule has 2 heterocycles. The Morgan fingerprint density at radius 3 is 2.24 bits per heavy atom. The number of aliphatic hydroxyl groups is 1. The minimum absolute atomic E-state index is 0. The fraction of sp³-hybridized carbons (Fsp3) is 0.343. The molecule has 41 heavy (non-hydrogen) atoms. The quantitative estimate of drug-likeness (QED) is 0.115. The summed E-state index contributed by atoms with van der Waals surface area (Å²) in [6, 6.07) is 22.0. The Bertz CT molecular complexity index is 1770. The Labute approximate surface area is 258 Å². The van der Waals surface area contributed by atoms with Crippen molar-refractivity contribution in [3.63, 3.8) is 0 Å². The minimum atomic E-state index is -0.644. The molecule has 0 amide bonds. The first-order chi connectivity index (χ1) is 19.0. The number of hydrogen-bond acceptors (Lipinski definition) is 4. The van der Waals surface area contributed by atoms with Crippen LogP contribution in [0.5, 0.6) is 0 Å². The van der Waals surface area contributed by atoms with Gasteiger partial charge in [-0.05, 0) is 5.39 Å². The van der Waals surface area contributed by atoms with E-state index < -0.39 is 11.3 Å². The van der Waals surface area contributed by atoms with Crippen LogP contribution in [0.15, 0.2) is 72.8 Å². The minimum Gasteiger partial charge on any atom is -0.512 e. The van der Waals surface area contributed by atoms with E-state index in [9.17, 15) is 9.90 Å². The van der Waals surface area contributed by atoms with Gasteiger partial charge in [0.2, 0.25) is 0 Å². The largest absolute Gasteiger partial charge is 0.512 e. The normalized spacial score (nSPS) is 13.0. The predicted octanol–water partition coefficient (Wildman–Crippen LogP) is 8.95. The van der Waals surface area contributed by atoms with E-state index in [-0.39, 0.29) is 37.1 Å². The summed E-state index contributed by atoms with van der Waals surface area (Å²) in [5, 5.41) is 14.2. The molecule has 5 nitrogen and oxygen atoms in total. The van der Waals surface area contributed by atoms with E-state index in [1.54, 1.807) is 6.33 Å². The number of fused-ring (bicyclic) bond motifs is 5. The molecule has 5 rings (SSSR count). The molecule has 0 spiro atoms. The second-order valence-electron chi connectivity index (χ2n) is 12.5. The summed E-state index contributed by atoms with van der Waals surface area (Å²) in [6.07, 6.45) is 2.95. The SMILES string of the molecule is CC(C)(C)C(=O)/C=C(\O)C(C)(C)C.[2H]C(C)(C)c1c[c-]c(-c2ncnc3c2c2ccc4ccccc4c2n3C)cc1.[Ir]. The number of aliphatic hydroxyl groups excluding tert-OH is 1. The van der Waals surface area contributed by atoms with Crippen molar-refractivity contribution in [3.05, 3.63) is 84.4 Å². The molecule has 217 valence electrons. The Kier molecular flexibility index (Phi) is 9.16. The monoisotopic (exact) mass is 728 g/mol. The van der Waals surface area contributed by atoms with Crippen LogP contribution in [0.4, 0.5) is 0 Å². The standard InChI is InChI=1S/C24H20N3.C11H20O2.Ir/c1-15(2)16-8-10-18(11-9-16)22-21-20-13-12-17-6-4-5-7-19(17)23(20)27(3)24(21)26-14-25-22;1-10(2,3)8(12)7-9(13)11(4,5)6;/h4-10,12-15H,1-3H3;7,12H,1-6H3;/q-1;;/b;8-7-;/i15D;;. The van der Waals surface area contributed by atoms with Crippen LogP contribution >= 0.6 is 0 Å². The van der Waals surface area contributed by atoms with Gasteiger partial charge in [0.1, 0.15) is 17.7 Å². The summed E-state index contributed by atoms with van der Waals surface area (Å²) in [6.45, 7) is 14.9. The number of rotatable bonds is 3. The Hall–Kier alpha value is -3.34. The fourth-order valence-corrected chi connectivity index (χ4v) is 4.45. The molecule has 1 radical (unpaired) electrons.